The van der Waals surface area contributed by atoms with Gasteiger partial charge in [0.1, 0.15) is 0 Å². The number of halogens is 2. The van der Waals surface area contributed by atoms with Crippen LogP contribution in [0, 0.1) is 0 Å². The Morgan fingerprint density at radius 3 is 2.75 bits per heavy atom. The summed E-state index contributed by atoms with van der Waals surface area (Å²) in [6.45, 7) is 1.78. The summed E-state index contributed by atoms with van der Waals surface area (Å²) in [5.74, 6) is -1.34. The van der Waals surface area contributed by atoms with Crippen LogP contribution in [0.1, 0.15) is 23.0 Å². The lowest BCUT2D eigenvalue weighted by Gasteiger charge is -2.10. The second-order valence-electron chi connectivity index (χ2n) is 4.03. The molecule has 104 valence electrons. The number of hydrogen-bond donors (Lipinski definition) is 1. The van der Waals surface area contributed by atoms with Crippen molar-refractivity contribution in [3.63, 3.8) is 0 Å². The van der Waals surface area contributed by atoms with Crippen molar-refractivity contribution in [3.05, 3.63) is 55.4 Å². The van der Waals surface area contributed by atoms with E-state index >= 15 is 0 Å². The molecule has 1 heterocycles. The van der Waals surface area contributed by atoms with Gasteiger partial charge in [0.25, 0.3) is 0 Å². The normalized spacial score (nSPS) is 10.6. The lowest BCUT2D eigenvalue weighted by Crippen LogP contribution is -2.24. The molecular weight excluding hydrogens is 348 g/mol. The number of benzene rings is 1. The molecule has 1 N–H and O–H groups in total. The molecule has 0 aliphatic rings. The predicted octanol–water partition coefficient (Wildman–Crippen LogP) is 2.91. The highest BCUT2D eigenvalue weighted by Crippen LogP contribution is 2.24. The molecule has 0 saturated carbocycles. The van der Waals surface area contributed by atoms with Gasteiger partial charge in [-0.1, -0.05) is 18.5 Å². The summed E-state index contributed by atoms with van der Waals surface area (Å²) in [4.78, 5) is 23.0. The highest BCUT2D eigenvalue weighted by atomic mass is 79.9. The minimum absolute atomic E-state index is 0.388. The van der Waals surface area contributed by atoms with E-state index in [9.17, 15) is 9.59 Å². The molecule has 20 heavy (non-hydrogen) atoms. The summed E-state index contributed by atoms with van der Waals surface area (Å²) in [6.07, 6.45) is 1.95. The van der Waals surface area contributed by atoms with Gasteiger partial charge in [-0.3, -0.25) is 4.79 Å². The molecule has 0 fully saturated rings. The van der Waals surface area contributed by atoms with Crippen molar-refractivity contribution < 1.29 is 9.90 Å². The fourth-order valence-electron chi connectivity index (χ4n) is 1.72. The molecule has 2 aromatic rings. The van der Waals surface area contributed by atoms with Gasteiger partial charge in [0.2, 0.25) is 11.1 Å². The Morgan fingerprint density at radius 1 is 1.50 bits per heavy atom. The van der Waals surface area contributed by atoms with Crippen LogP contribution >= 0.6 is 27.5 Å². The molecule has 0 radical (unpaired) electrons. The van der Waals surface area contributed by atoms with Crippen LogP contribution in [0.2, 0.25) is 5.02 Å². The average molecular weight is 358 g/mol. The molecule has 0 unspecified atom stereocenters. The van der Waals surface area contributed by atoms with Gasteiger partial charge in [-0.15, -0.1) is 0 Å². The summed E-state index contributed by atoms with van der Waals surface area (Å²) < 4.78 is 2.02. The van der Waals surface area contributed by atoms with Gasteiger partial charge in [0, 0.05) is 21.3 Å². The SMILES string of the molecule is CCc1cn(-c2ccc(Cl)cc2Br)nc(C(=O)O)c1=O. The van der Waals surface area contributed by atoms with E-state index in [-0.39, 0.29) is 0 Å². The Balaban J connectivity index is 2.71. The Kier molecular flexibility index (Phi) is 4.25. The van der Waals surface area contributed by atoms with Gasteiger partial charge in [0.15, 0.2) is 0 Å². The topological polar surface area (TPSA) is 72.2 Å². The molecule has 0 saturated heterocycles. The maximum Gasteiger partial charge on any atom is 0.360 e. The molecule has 0 aliphatic carbocycles. The summed E-state index contributed by atoms with van der Waals surface area (Å²) in [7, 11) is 0. The third-order valence-electron chi connectivity index (χ3n) is 2.73. The number of carbonyl (C=O) groups is 1. The minimum Gasteiger partial charge on any atom is -0.476 e. The van der Waals surface area contributed by atoms with E-state index in [1.54, 1.807) is 25.1 Å². The molecule has 0 spiro atoms. The number of aromatic nitrogens is 2. The summed E-state index contributed by atoms with van der Waals surface area (Å²) in [6, 6.07) is 5.02. The van der Waals surface area contributed by atoms with E-state index in [1.807, 2.05) is 0 Å². The summed E-state index contributed by atoms with van der Waals surface area (Å²) >= 11 is 9.21. The number of aryl methyl sites for hydroxylation is 1. The molecule has 0 bridgehead atoms. The first-order chi connectivity index (χ1) is 9.43. The number of carboxylic acids is 1. The Hall–Kier alpha value is -1.66. The van der Waals surface area contributed by atoms with Crippen LogP contribution in [0.15, 0.2) is 33.7 Å². The molecule has 1 aromatic carbocycles. The number of aromatic carboxylic acids is 1. The Labute approximate surface area is 127 Å². The predicted molar refractivity (Wildman–Crippen MR) is 78.9 cm³/mol. The second-order valence-corrected chi connectivity index (χ2v) is 5.32. The average Bonchev–Trinajstić information content (AvgIpc) is 2.39. The van der Waals surface area contributed by atoms with Crippen LogP contribution in [0.25, 0.3) is 5.69 Å². The lowest BCUT2D eigenvalue weighted by molar-refractivity contribution is 0.0686. The Morgan fingerprint density at radius 2 is 2.20 bits per heavy atom. The number of carboxylic acid groups (broad SMARTS) is 1. The van der Waals surface area contributed by atoms with Crippen LogP contribution in [-0.4, -0.2) is 20.9 Å². The zero-order chi connectivity index (χ0) is 14.9. The zero-order valence-electron chi connectivity index (χ0n) is 10.4. The van der Waals surface area contributed by atoms with Crippen molar-refractivity contribution >= 4 is 33.5 Å². The second kappa shape index (κ2) is 5.76. The standard InChI is InChI=1S/C13H10BrClN2O3/c1-2-7-6-17(16-11(12(7)18)13(19)20)10-4-3-8(15)5-9(10)14/h3-6H,2H2,1H3,(H,19,20). The number of nitrogens with zero attached hydrogens (tertiary/aromatic N) is 2. The molecule has 0 amide bonds. The first-order valence-electron chi connectivity index (χ1n) is 5.75. The maximum atomic E-state index is 11.9. The van der Waals surface area contributed by atoms with Crippen molar-refractivity contribution in [2.45, 2.75) is 13.3 Å². The number of rotatable bonds is 3. The van der Waals surface area contributed by atoms with Gasteiger partial charge in [-0.05, 0) is 40.5 Å². The first kappa shape index (κ1) is 14.7. The van der Waals surface area contributed by atoms with Crippen LogP contribution in [0.5, 0.6) is 0 Å². The lowest BCUT2D eigenvalue weighted by atomic mass is 10.2. The van der Waals surface area contributed by atoms with Gasteiger partial charge in [0.05, 0.1) is 5.69 Å². The molecule has 2 rings (SSSR count). The van der Waals surface area contributed by atoms with Crippen LogP contribution in [0.4, 0.5) is 0 Å². The summed E-state index contributed by atoms with van der Waals surface area (Å²) in [5.41, 5.74) is -0.0571. The van der Waals surface area contributed by atoms with E-state index < -0.39 is 17.1 Å². The fourth-order valence-corrected chi connectivity index (χ4v) is 2.59. The monoisotopic (exact) mass is 356 g/mol. The van der Waals surface area contributed by atoms with Crippen molar-refractivity contribution in [2.24, 2.45) is 0 Å². The highest BCUT2D eigenvalue weighted by Gasteiger charge is 2.16. The van der Waals surface area contributed by atoms with E-state index in [0.717, 1.165) is 0 Å². The maximum absolute atomic E-state index is 11.9. The molecule has 5 nitrogen and oxygen atoms in total. The zero-order valence-corrected chi connectivity index (χ0v) is 12.8. The van der Waals surface area contributed by atoms with Crippen molar-refractivity contribution in [3.8, 4) is 5.69 Å². The third kappa shape index (κ3) is 2.76. The van der Waals surface area contributed by atoms with E-state index in [0.29, 0.717) is 27.2 Å². The van der Waals surface area contributed by atoms with E-state index in [1.165, 1.54) is 10.9 Å². The third-order valence-corrected chi connectivity index (χ3v) is 3.60. The smallest absolute Gasteiger partial charge is 0.360 e. The van der Waals surface area contributed by atoms with E-state index in [4.69, 9.17) is 16.7 Å². The van der Waals surface area contributed by atoms with Crippen LogP contribution in [0.3, 0.4) is 0 Å². The largest absolute Gasteiger partial charge is 0.476 e. The minimum atomic E-state index is -1.34. The van der Waals surface area contributed by atoms with Gasteiger partial charge < -0.3 is 5.11 Å². The van der Waals surface area contributed by atoms with E-state index in [2.05, 4.69) is 21.0 Å². The van der Waals surface area contributed by atoms with Gasteiger partial charge >= 0.3 is 5.97 Å². The van der Waals surface area contributed by atoms with Crippen molar-refractivity contribution in [2.75, 3.05) is 0 Å². The molecular formula is C13H10BrClN2O3. The van der Waals surface area contributed by atoms with Crippen molar-refractivity contribution in [1.29, 1.82) is 0 Å². The van der Waals surface area contributed by atoms with Gasteiger partial charge in [-0.2, -0.15) is 5.10 Å². The molecule has 0 aliphatic heterocycles. The molecule has 7 heteroatoms. The highest BCUT2D eigenvalue weighted by molar-refractivity contribution is 9.10. The Bertz CT molecular complexity index is 743. The molecule has 1 aromatic heterocycles. The van der Waals surface area contributed by atoms with Gasteiger partial charge in [-0.25, -0.2) is 9.48 Å². The number of hydrogen-bond acceptors (Lipinski definition) is 3. The quantitative estimate of drug-likeness (QED) is 0.917. The van der Waals surface area contributed by atoms with Crippen LogP contribution < -0.4 is 5.43 Å². The first-order valence-corrected chi connectivity index (χ1v) is 6.92. The van der Waals surface area contributed by atoms with Crippen molar-refractivity contribution in [1.82, 2.24) is 9.78 Å². The van der Waals surface area contributed by atoms with Crippen LogP contribution in [-0.2, 0) is 6.42 Å². The summed E-state index contributed by atoms with van der Waals surface area (Å²) in [5, 5.41) is 13.5. The molecule has 0 atom stereocenters. The fraction of sp³-hybridized carbons (Fsp3) is 0.154.